The van der Waals surface area contributed by atoms with Crippen molar-refractivity contribution in [1.29, 1.82) is 0 Å². The van der Waals surface area contributed by atoms with E-state index in [1.54, 1.807) is 13.8 Å². The van der Waals surface area contributed by atoms with Gasteiger partial charge in [-0.3, -0.25) is 0 Å². The molecule has 3 N–H and O–H groups in total. The second-order valence-corrected chi connectivity index (χ2v) is 7.65. The molecular formula is C15H23FN2O2S. The SMILES string of the molecule is Cc1cc(F)c(N)c(C)c1S(=O)(=O)NC(C)C1CCCC1. The summed E-state index contributed by atoms with van der Waals surface area (Å²) in [6.45, 7) is 5.02. The molecule has 1 fully saturated rings. The summed E-state index contributed by atoms with van der Waals surface area (Å²) in [4.78, 5) is 0.103. The summed E-state index contributed by atoms with van der Waals surface area (Å²) in [5, 5.41) is 0. The van der Waals surface area contributed by atoms with Gasteiger partial charge >= 0.3 is 0 Å². The average molecular weight is 314 g/mol. The highest BCUT2D eigenvalue weighted by atomic mass is 32.2. The van der Waals surface area contributed by atoms with Crippen LogP contribution in [0.4, 0.5) is 10.1 Å². The van der Waals surface area contributed by atoms with Crippen LogP contribution in [0.5, 0.6) is 0 Å². The molecule has 1 aliphatic carbocycles. The second kappa shape index (κ2) is 5.93. The lowest BCUT2D eigenvalue weighted by Gasteiger charge is -2.22. The van der Waals surface area contributed by atoms with Gasteiger partial charge in [0.1, 0.15) is 5.82 Å². The van der Waals surface area contributed by atoms with Gasteiger partial charge in [-0.1, -0.05) is 12.8 Å². The Labute approximate surface area is 126 Å². The topological polar surface area (TPSA) is 72.2 Å². The monoisotopic (exact) mass is 314 g/mol. The summed E-state index contributed by atoms with van der Waals surface area (Å²) in [6.07, 6.45) is 4.40. The van der Waals surface area contributed by atoms with E-state index in [1.165, 1.54) is 6.07 Å². The van der Waals surface area contributed by atoms with Crippen molar-refractivity contribution >= 4 is 15.7 Å². The molecule has 0 heterocycles. The summed E-state index contributed by atoms with van der Waals surface area (Å²) in [5.74, 6) is -0.203. The van der Waals surface area contributed by atoms with Gasteiger partial charge in [-0.25, -0.2) is 17.5 Å². The molecule has 1 saturated carbocycles. The maximum Gasteiger partial charge on any atom is 0.241 e. The Kier molecular flexibility index (Phi) is 4.58. The second-order valence-electron chi connectivity index (χ2n) is 6.00. The van der Waals surface area contributed by atoms with Crippen molar-refractivity contribution in [1.82, 2.24) is 4.72 Å². The van der Waals surface area contributed by atoms with Crippen LogP contribution in [0.3, 0.4) is 0 Å². The molecule has 2 rings (SSSR count). The Hall–Kier alpha value is -1.14. The first-order valence-electron chi connectivity index (χ1n) is 7.31. The molecule has 1 aromatic carbocycles. The normalized spacial score (nSPS) is 18.1. The molecular weight excluding hydrogens is 291 g/mol. The van der Waals surface area contributed by atoms with Crippen molar-refractivity contribution in [2.24, 2.45) is 5.92 Å². The van der Waals surface area contributed by atoms with Crippen LogP contribution in [0.1, 0.15) is 43.7 Å². The standard InChI is InChI=1S/C15H23FN2O2S/c1-9-8-13(16)14(17)10(2)15(9)21(19,20)18-11(3)12-6-4-5-7-12/h8,11-12,18H,4-7,17H2,1-3H3. The van der Waals surface area contributed by atoms with Crippen molar-refractivity contribution in [3.05, 3.63) is 23.0 Å². The minimum Gasteiger partial charge on any atom is -0.396 e. The van der Waals surface area contributed by atoms with Crippen LogP contribution in [0.15, 0.2) is 11.0 Å². The third-order valence-corrected chi connectivity index (χ3v) is 6.27. The molecule has 0 spiro atoms. The van der Waals surface area contributed by atoms with Gasteiger partial charge in [0, 0.05) is 6.04 Å². The first-order chi connectivity index (χ1) is 9.74. The van der Waals surface area contributed by atoms with Gasteiger partial charge in [0.15, 0.2) is 0 Å². The molecule has 4 nitrogen and oxygen atoms in total. The molecule has 1 aliphatic rings. The molecule has 6 heteroatoms. The largest absolute Gasteiger partial charge is 0.396 e. The van der Waals surface area contributed by atoms with Gasteiger partial charge in [-0.05, 0) is 56.7 Å². The van der Waals surface area contributed by atoms with E-state index in [0.717, 1.165) is 25.7 Å². The minimum atomic E-state index is -3.69. The van der Waals surface area contributed by atoms with E-state index in [4.69, 9.17) is 5.73 Å². The number of anilines is 1. The number of benzene rings is 1. The van der Waals surface area contributed by atoms with Crippen LogP contribution in [-0.4, -0.2) is 14.5 Å². The molecule has 0 bridgehead atoms. The van der Waals surface area contributed by atoms with Crippen LogP contribution in [-0.2, 0) is 10.0 Å². The van der Waals surface area contributed by atoms with Crippen LogP contribution in [0.25, 0.3) is 0 Å². The smallest absolute Gasteiger partial charge is 0.241 e. The summed E-state index contributed by atoms with van der Waals surface area (Å²) < 4.78 is 41.5. The molecule has 0 saturated heterocycles. The Morgan fingerprint density at radius 1 is 1.33 bits per heavy atom. The lowest BCUT2D eigenvalue weighted by atomic mass is 10.0. The Morgan fingerprint density at radius 3 is 2.48 bits per heavy atom. The first kappa shape index (κ1) is 16.2. The highest BCUT2D eigenvalue weighted by Gasteiger charge is 2.29. The summed E-state index contributed by atoms with van der Waals surface area (Å²) in [6, 6.07) is 1.06. The van der Waals surface area contributed by atoms with Crippen LogP contribution in [0.2, 0.25) is 0 Å². The van der Waals surface area contributed by atoms with Crippen molar-refractivity contribution in [2.75, 3.05) is 5.73 Å². The van der Waals surface area contributed by atoms with Gasteiger partial charge in [-0.2, -0.15) is 0 Å². The van der Waals surface area contributed by atoms with Crippen molar-refractivity contribution < 1.29 is 12.8 Å². The molecule has 0 aromatic heterocycles. The fourth-order valence-electron chi connectivity index (χ4n) is 3.20. The van der Waals surface area contributed by atoms with Crippen LogP contribution in [0, 0.1) is 25.6 Å². The number of rotatable bonds is 4. The van der Waals surface area contributed by atoms with E-state index >= 15 is 0 Å². The average Bonchev–Trinajstić information content (AvgIpc) is 2.89. The Balaban J connectivity index is 2.33. The van der Waals surface area contributed by atoms with Crippen molar-refractivity contribution in [3.63, 3.8) is 0 Å². The van der Waals surface area contributed by atoms with E-state index in [-0.39, 0.29) is 22.2 Å². The number of sulfonamides is 1. The molecule has 0 radical (unpaired) electrons. The summed E-state index contributed by atoms with van der Waals surface area (Å²) >= 11 is 0. The third-order valence-electron chi connectivity index (χ3n) is 4.42. The highest BCUT2D eigenvalue weighted by Crippen LogP contribution is 2.31. The predicted molar refractivity (Wildman–Crippen MR) is 82.0 cm³/mol. The zero-order chi connectivity index (χ0) is 15.8. The van der Waals surface area contributed by atoms with Crippen molar-refractivity contribution in [2.45, 2.75) is 57.4 Å². The van der Waals surface area contributed by atoms with Gasteiger partial charge in [-0.15, -0.1) is 0 Å². The maximum atomic E-state index is 13.6. The summed E-state index contributed by atoms with van der Waals surface area (Å²) in [7, 11) is -3.69. The molecule has 0 aliphatic heterocycles. The first-order valence-corrected chi connectivity index (χ1v) is 8.80. The molecule has 0 amide bonds. The van der Waals surface area contributed by atoms with Crippen molar-refractivity contribution in [3.8, 4) is 0 Å². The van der Waals surface area contributed by atoms with Crippen LogP contribution >= 0.6 is 0 Å². The number of nitrogens with one attached hydrogen (secondary N) is 1. The van der Waals surface area contributed by atoms with Gasteiger partial charge in [0.2, 0.25) is 10.0 Å². The lowest BCUT2D eigenvalue weighted by Crippen LogP contribution is -2.37. The van der Waals surface area contributed by atoms with E-state index < -0.39 is 15.8 Å². The van der Waals surface area contributed by atoms with E-state index in [0.29, 0.717) is 11.5 Å². The van der Waals surface area contributed by atoms with E-state index in [9.17, 15) is 12.8 Å². The maximum absolute atomic E-state index is 13.6. The van der Waals surface area contributed by atoms with Gasteiger partial charge in [0.05, 0.1) is 10.6 Å². The third kappa shape index (κ3) is 3.21. The molecule has 21 heavy (non-hydrogen) atoms. The quantitative estimate of drug-likeness (QED) is 0.839. The number of nitrogens with two attached hydrogens (primary N) is 1. The molecule has 1 atom stereocenters. The Bertz CT molecular complexity index is 638. The molecule has 118 valence electrons. The fourth-order valence-corrected chi connectivity index (χ4v) is 5.00. The Morgan fingerprint density at radius 2 is 1.90 bits per heavy atom. The summed E-state index contributed by atoms with van der Waals surface area (Å²) in [5.41, 5.74) is 6.19. The number of hydrogen-bond acceptors (Lipinski definition) is 3. The molecule has 1 aromatic rings. The number of aryl methyl sites for hydroxylation is 1. The van der Waals surface area contributed by atoms with Gasteiger partial charge in [0.25, 0.3) is 0 Å². The lowest BCUT2D eigenvalue weighted by molar-refractivity contribution is 0.423. The fraction of sp³-hybridized carbons (Fsp3) is 0.600. The number of nitrogen functional groups attached to an aromatic ring is 1. The van der Waals surface area contributed by atoms with E-state index in [1.807, 2.05) is 6.92 Å². The molecule has 1 unspecified atom stereocenters. The predicted octanol–water partition coefficient (Wildman–Crippen LogP) is 2.88. The minimum absolute atomic E-state index is 0.102. The number of hydrogen-bond donors (Lipinski definition) is 2. The highest BCUT2D eigenvalue weighted by molar-refractivity contribution is 7.89. The van der Waals surface area contributed by atoms with Gasteiger partial charge < -0.3 is 5.73 Å². The zero-order valence-electron chi connectivity index (χ0n) is 12.7. The van der Waals surface area contributed by atoms with E-state index in [2.05, 4.69) is 4.72 Å². The number of halogens is 1. The van der Waals surface area contributed by atoms with Crippen LogP contribution < -0.4 is 10.5 Å². The zero-order valence-corrected chi connectivity index (χ0v) is 13.6.